The quantitative estimate of drug-likeness (QED) is 0.670. The zero-order chi connectivity index (χ0) is 21.5. The molecule has 31 heavy (non-hydrogen) atoms. The summed E-state index contributed by atoms with van der Waals surface area (Å²) in [5, 5.41) is 14.9. The van der Waals surface area contributed by atoms with E-state index >= 15 is 0 Å². The van der Waals surface area contributed by atoms with E-state index in [0.717, 1.165) is 63.7 Å². The minimum atomic E-state index is -1.41. The highest BCUT2D eigenvalue weighted by Gasteiger charge is 2.46. The molecule has 0 radical (unpaired) electrons. The van der Waals surface area contributed by atoms with Crippen molar-refractivity contribution in [2.75, 3.05) is 19.6 Å². The minimum absolute atomic E-state index is 0.00854. The van der Waals surface area contributed by atoms with Gasteiger partial charge >= 0.3 is 0 Å². The second-order valence-electron chi connectivity index (χ2n) is 9.59. The normalized spacial score (nSPS) is 23.6. The van der Waals surface area contributed by atoms with E-state index in [9.17, 15) is 9.90 Å². The molecule has 3 aliphatic rings. The van der Waals surface area contributed by atoms with Gasteiger partial charge in [-0.1, -0.05) is 67.0 Å². The lowest BCUT2D eigenvalue weighted by Crippen LogP contribution is -2.54. The van der Waals surface area contributed by atoms with Gasteiger partial charge in [-0.25, -0.2) is 0 Å². The van der Waals surface area contributed by atoms with E-state index < -0.39 is 5.60 Å². The number of piperidine rings is 1. The summed E-state index contributed by atoms with van der Waals surface area (Å²) in [4.78, 5) is 15.8. The third kappa shape index (κ3) is 5.48. The van der Waals surface area contributed by atoms with Gasteiger partial charge in [0.2, 0.25) is 0 Å². The van der Waals surface area contributed by atoms with Gasteiger partial charge in [0.15, 0.2) is 5.60 Å². The van der Waals surface area contributed by atoms with Crippen LogP contribution in [-0.2, 0) is 10.4 Å². The molecule has 1 aromatic carbocycles. The standard InChI is InChI=1S/C27H38N2O2/c30-26(27(31,24-15-7-8-16-24)23-13-5-2-6-14-23)28-25-17-20-29(21-18-25)19-9-12-22-10-3-1-4-11-22/h2,5-6,9-10,12-14,24-25,31H,1,3-4,7-8,11,15-21H2,(H,28,30)/b12-9-. The maximum absolute atomic E-state index is 13.4. The number of benzene rings is 1. The number of rotatable bonds is 7. The Morgan fingerprint density at radius 2 is 1.81 bits per heavy atom. The fraction of sp³-hybridized carbons (Fsp3) is 0.593. The van der Waals surface area contributed by atoms with Crippen molar-refractivity contribution in [3.05, 3.63) is 59.7 Å². The average molecular weight is 423 g/mol. The zero-order valence-electron chi connectivity index (χ0n) is 18.8. The van der Waals surface area contributed by atoms with Crippen LogP contribution in [-0.4, -0.2) is 41.6 Å². The smallest absolute Gasteiger partial charge is 0.257 e. The largest absolute Gasteiger partial charge is 0.375 e. The lowest BCUT2D eigenvalue weighted by molar-refractivity contribution is -0.148. The molecule has 1 aromatic rings. The van der Waals surface area contributed by atoms with E-state index in [2.05, 4.69) is 28.4 Å². The van der Waals surface area contributed by atoms with Crippen molar-refractivity contribution in [3.8, 4) is 0 Å². The Kier molecular flexibility index (Phi) is 7.62. The maximum Gasteiger partial charge on any atom is 0.257 e. The molecule has 1 saturated carbocycles. The fourth-order valence-corrected chi connectivity index (χ4v) is 5.51. The number of nitrogens with one attached hydrogen (secondary N) is 1. The van der Waals surface area contributed by atoms with Crippen LogP contribution >= 0.6 is 0 Å². The van der Waals surface area contributed by atoms with Gasteiger partial charge in [-0.2, -0.15) is 0 Å². The van der Waals surface area contributed by atoms with Crippen molar-refractivity contribution in [1.29, 1.82) is 0 Å². The van der Waals surface area contributed by atoms with Crippen LogP contribution in [0.25, 0.3) is 0 Å². The van der Waals surface area contributed by atoms with Gasteiger partial charge in [0.1, 0.15) is 0 Å². The predicted octanol–water partition coefficient (Wildman–Crippen LogP) is 4.70. The Hall–Kier alpha value is -1.91. The molecule has 1 amide bonds. The van der Waals surface area contributed by atoms with Crippen molar-refractivity contribution in [2.45, 2.75) is 75.9 Å². The minimum Gasteiger partial charge on any atom is -0.375 e. The summed E-state index contributed by atoms with van der Waals surface area (Å²) in [6.45, 7) is 2.96. The van der Waals surface area contributed by atoms with Gasteiger partial charge in [-0.3, -0.25) is 9.69 Å². The number of aliphatic hydroxyl groups is 1. The number of amides is 1. The van der Waals surface area contributed by atoms with Gasteiger partial charge < -0.3 is 10.4 Å². The molecule has 4 heteroatoms. The number of allylic oxidation sites excluding steroid dienone is 3. The van der Waals surface area contributed by atoms with Gasteiger partial charge in [0, 0.05) is 31.6 Å². The van der Waals surface area contributed by atoms with E-state index in [0.29, 0.717) is 0 Å². The molecule has 0 aromatic heterocycles. The van der Waals surface area contributed by atoms with E-state index in [1.54, 1.807) is 0 Å². The molecule has 4 rings (SSSR count). The first-order chi connectivity index (χ1) is 15.2. The van der Waals surface area contributed by atoms with E-state index in [1.807, 2.05) is 30.3 Å². The van der Waals surface area contributed by atoms with Gasteiger partial charge in [0.25, 0.3) is 5.91 Å². The monoisotopic (exact) mass is 422 g/mol. The zero-order valence-corrected chi connectivity index (χ0v) is 18.8. The Bertz CT molecular complexity index is 774. The first kappa shape index (κ1) is 22.3. The molecule has 0 spiro atoms. The topological polar surface area (TPSA) is 52.6 Å². The van der Waals surface area contributed by atoms with Gasteiger partial charge in [0.05, 0.1) is 0 Å². The number of hydrogen-bond donors (Lipinski definition) is 2. The Balaban J connectivity index is 1.31. The summed E-state index contributed by atoms with van der Waals surface area (Å²) in [5.41, 5.74) is 0.810. The third-order valence-corrected chi connectivity index (χ3v) is 7.45. The molecule has 0 bridgehead atoms. The summed E-state index contributed by atoms with van der Waals surface area (Å²) in [5.74, 6) is -0.192. The molecule has 1 saturated heterocycles. The first-order valence-corrected chi connectivity index (χ1v) is 12.3. The Morgan fingerprint density at radius 1 is 1.06 bits per heavy atom. The molecule has 4 nitrogen and oxygen atoms in total. The van der Waals surface area contributed by atoms with Crippen molar-refractivity contribution >= 4 is 5.91 Å². The highest BCUT2D eigenvalue weighted by Crippen LogP contribution is 2.41. The highest BCUT2D eigenvalue weighted by atomic mass is 16.3. The van der Waals surface area contributed by atoms with E-state index in [-0.39, 0.29) is 17.9 Å². The third-order valence-electron chi connectivity index (χ3n) is 7.45. The lowest BCUT2D eigenvalue weighted by Gasteiger charge is -2.37. The molecule has 1 aliphatic heterocycles. The maximum atomic E-state index is 13.4. The molecular formula is C27H38N2O2. The van der Waals surface area contributed by atoms with Crippen molar-refractivity contribution in [2.24, 2.45) is 5.92 Å². The molecule has 2 fully saturated rings. The van der Waals surface area contributed by atoms with Crippen LogP contribution in [0.4, 0.5) is 0 Å². The highest BCUT2D eigenvalue weighted by molar-refractivity contribution is 5.87. The van der Waals surface area contributed by atoms with Crippen LogP contribution in [0, 0.1) is 5.92 Å². The van der Waals surface area contributed by atoms with Crippen LogP contribution in [0.1, 0.15) is 69.8 Å². The predicted molar refractivity (Wildman–Crippen MR) is 126 cm³/mol. The van der Waals surface area contributed by atoms with Gasteiger partial charge in [-0.05, 0) is 56.9 Å². The molecule has 1 atom stereocenters. The summed E-state index contributed by atoms with van der Waals surface area (Å²) in [6.07, 6.45) is 18.0. The van der Waals surface area contributed by atoms with Gasteiger partial charge in [-0.15, -0.1) is 0 Å². The number of carbonyl (C=O) groups excluding carboxylic acids is 1. The first-order valence-electron chi connectivity index (χ1n) is 12.3. The van der Waals surface area contributed by atoms with Crippen LogP contribution in [0.3, 0.4) is 0 Å². The van der Waals surface area contributed by atoms with Crippen molar-refractivity contribution in [1.82, 2.24) is 10.2 Å². The van der Waals surface area contributed by atoms with E-state index in [1.165, 1.54) is 31.3 Å². The number of nitrogens with zero attached hydrogens (tertiary/aromatic N) is 1. The molecule has 1 unspecified atom stereocenters. The number of likely N-dealkylation sites (tertiary alicyclic amines) is 1. The summed E-state index contributed by atoms with van der Waals surface area (Å²) in [7, 11) is 0. The molecular weight excluding hydrogens is 384 g/mol. The molecule has 168 valence electrons. The lowest BCUT2D eigenvalue weighted by atomic mass is 9.79. The van der Waals surface area contributed by atoms with Crippen LogP contribution in [0.5, 0.6) is 0 Å². The molecule has 1 heterocycles. The fourth-order valence-electron chi connectivity index (χ4n) is 5.51. The van der Waals surface area contributed by atoms with Crippen molar-refractivity contribution < 1.29 is 9.90 Å². The second-order valence-corrected chi connectivity index (χ2v) is 9.59. The number of hydrogen-bond acceptors (Lipinski definition) is 3. The van der Waals surface area contributed by atoms with Crippen LogP contribution in [0.15, 0.2) is 54.1 Å². The summed E-state index contributed by atoms with van der Waals surface area (Å²) < 4.78 is 0. The molecule has 2 N–H and O–H groups in total. The average Bonchev–Trinajstić information content (AvgIpc) is 3.36. The Morgan fingerprint density at radius 3 is 2.48 bits per heavy atom. The summed E-state index contributed by atoms with van der Waals surface area (Å²) in [6, 6.07) is 9.70. The van der Waals surface area contributed by atoms with Crippen LogP contribution in [0.2, 0.25) is 0 Å². The summed E-state index contributed by atoms with van der Waals surface area (Å²) >= 11 is 0. The van der Waals surface area contributed by atoms with Crippen LogP contribution < -0.4 is 5.32 Å². The van der Waals surface area contributed by atoms with Crippen molar-refractivity contribution in [3.63, 3.8) is 0 Å². The number of carbonyl (C=O) groups is 1. The Labute approximate surface area is 187 Å². The second kappa shape index (κ2) is 10.6. The SMILES string of the molecule is O=C(NC1CCN(C/C=C\C2=CCCCC2)CC1)C(O)(c1ccccc1)C1CCCC1. The molecule has 2 aliphatic carbocycles. The van der Waals surface area contributed by atoms with E-state index in [4.69, 9.17) is 0 Å².